The van der Waals surface area contributed by atoms with Crippen LogP contribution in [0.25, 0.3) is 0 Å². The van der Waals surface area contributed by atoms with Crippen molar-refractivity contribution in [1.82, 2.24) is 10.2 Å². The van der Waals surface area contributed by atoms with Crippen molar-refractivity contribution in [3.63, 3.8) is 0 Å². The summed E-state index contributed by atoms with van der Waals surface area (Å²) in [5, 5.41) is 13.2. The molecule has 1 aliphatic rings. The SMILES string of the molecule is CC(NCC1CCN(C(C)C)C1)c1cc(F)ccc1O. The first-order valence-corrected chi connectivity index (χ1v) is 7.43. The molecule has 2 rings (SSSR count). The van der Waals surface area contributed by atoms with Gasteiger partial charge in [-0.05, 0) is 64.4 Å². The van der Waals surface area contributed by atoms with Crippen LogP contribution in [0.1, 0.15) is 38.8 Å². The van der Waals surface area contributed by atoms with Crippen LogP contribution in [-0.2, 0) is 0 Å². The zero-order valence-corrected chi connectivity index (χ0v) is 12.6. The van der Waals surface area contributed by atoms with Crippen molar-refractivity contribution in [1.29, 1.82) is 0 Å². The Morgan fingerprint density at radius 2 is 2.15 bits per heavy atom. The second-order valence-electron chi connectivity index (χ2n) is 6.08. The summed E-state index contributed by atoms with van der Waals surface area (Å²) in [5.41, 5.74) is 0.628. The van der Waals surface area contributed by atoms with E-state index in [1.807, 2.05) is 6.92 Å². The maximum absolute atomic E-state index is 13.2. The lowest BCUT2D eigenvalue weighted by Gasteiger charge is -2.21. The molecule has 1 aromatic carbocycles. The third-order valence-corrected chi connectivity index (χ3v) is 4.22. The van der Waals surface area contributed by atoms with Crippen LogP contribution >= 0.6 is 0 Å². The molecule has 112 valence electrons. The Bertz CT molecular complexity index is 450. The minimum absolute atomic E-state index is 0.0428. The Balaban J connectivity index is 1.86. The zero-order chi connectivity index (χ0) is 14.7. The summed E-state index contributed by atoms with van der Waals surface area (Å²) < 4.78 is 13.2. The van der Waals surface area contributed by atoms with Crippen molar-refractivity contribution >= 4 is 0 Å². The third-order valence-electron chi connectivity index (χ3n) is 4.22. The summed E-state index contributed by atoms with van der Waals surface area (Å²) in [6.07, 6.45) is 1.20. The molecule has 0 saturated carbocycles. The summed E-state index contributed by atoms with van der Waals surface area (Å²) in [6, 6.07) is 4.66. The number of phenols is 1. The molecule has 0 spiro atoms. The molecule has 1 aromatic rings. The molecule has 20 heavy (non-hydrogen) atoms. The van der Waals surface area contributed by atoms with Crippen LogP contribution in [0.5, 0.6) is 5.75 Å². The van der Waals surface area contributed by atoms with Crippen molar-refractivity contribution in [2.45, 2.75) is 39.3 Å². The monoisotopic (exact) mass is 280 g/mol. The van der Waals surface area contributed by atoms with Gasteiger partial charge in [0.2, 0.25) is 0 Å². The number of hydrogen-bond donors (Lipinski definition) is 2. The van der Waals surface area contributed by atoms with Gasteiger partial charge in [-0.3, -0.25) is 0 Å². The van der Waals surface area contributed by atoms with Crippen molar-refractivity contribution in [3.8, 4) is 5.75 Å². The highest BCUT2D eigenvalue weighted by atomic mass is 19.1. The molecule has 3 nitrogen and oxygen atoms in total. The van der Waals surface area contributed by atoms with Crippen LogP contribution in [0.4, 0.5) is 4.39 Å². The number of nitrogens with one attached hydrogen (secondary N) is 1. The van der Waals surface area contributed by atoms with Gasteiger partial charge in [0.05, 0.1) is 0 Å². The largest absolute Gasteiger partial charge is 0.508 e. The van der Waals surface area contributed by atoms with Gasteiger partial charge in [-0.2, -0.15) is 0 Å². The van der Waals surface area contributed by atoms with Gasteiger partial charge >= 0.3 is 0 Å². The Morgan fingerprint density at radius 1 is 1.40 bits per heavy atom. The zero-order valence-electron chi connectivity index (χ0n) is 12.6. The van der Waals surface area contributed by atoms with E-state index in [2.05, 4.69) is 24.1 Å². The number of aromatic hydroxyl groups is 1. The van der Waals surface area contributed by atoms with Crippen LogP contribution in [0.15, 0.2) is 18.2 Å². The van der Waals surface area contributed by atoms with E-state index in [1.54, 1.807) is 0 Å². The highest BCUT2D eigenvalue weighted by molar-refractivity contribution is 5.34. The number of phenolic OH excluding ortho intramolecular Hbond substituents is 1. The fourth-order valence-electron chi connectivity index (χ4n) is 2.82. The van der Waals surface area contributed by atoms with Gasteiger partial charge in [0, 0.05) is 24.2 Å². The van der Waals surface area contributed by atoms with E-state index in [4.69, 9.17) is 0 Å². The molecule has 0 aromatic heterocycles. The molecule has 2 N–H and O–H groups in total. The molecular formula is C16H25FN2O. The van der Waals surface area contributed by atoms with Gasteiger partial charge in [-0.1, -0.05) is 0 Å². The van der Waals surface area contributed by atoms with Gasteiger partial charge < -0.3 is 15.3 Å². The molecule has 1 heterocycles. The second kappa shape index (κ2) is 6.55. The molecule has 2 unspecified atom stereocenters. The van der Waals surface area contributed by atoms with E-state index in [0.717, 1.165) is 19.6 Å². The molecule has 0 radical (unpaired) electrons. The first kappa shape index (κ1) is 15.3. The number of hydrogen-bond acceptors (Lipinski definition) is 3. The fourth-order valence-corrected chi connectivity index (χ4v) is 2.82. The number of likely N-dealkylation sites (tertiary alicyclic amines) is 1. The lowest BCUT2D eigenvalue weighted by atomic mass is 10.0. The predicted molar refractivity (Wildman–Crippen MR) is 79.3 cm³/mol. The smallest absolute Gasteiger partial charge is 0.123 e. The Kier molecular flexibility index (Phi) is 5.00. The topological polar surface area (TPSA) is 35.5 Å². The van der Waals surface area contributed by atoms with Crippen molar-refractivity contribution in [3.05, 3.63) is 29.6 Å². The van der Waals surface area contributed by atoms with Crippen LogP contribution in [-0.4, -0.2) is 35.7 Å². The maximum Gasteiger partial charge on any atom is 0.123 e. The summed E-state index contributed by atoms with van der Waals surface area (Å²) in [4.78, 5) is 2.48. The van der Waals surface area contributed by atoms with Crippen LogP contribution < -0.4 is 5.32 Å². The van der Waals surface area contributed by atoms with E-state index in [9.17, 15) is 9.50 Å². The summed E-state index contributed by atoms with van der Waals surface area (Å²) >= 11 is 0. The molecule has 0 bridgehead atoms. The van der Waals surface area contributed by atoms with Gasteiger partial charge in [0.25, 0.3) is 0 Å². The van der Waals surface area contributed by atoms with E-state index < -0.39 is 0 Å². The average Bonchev–Trinajstić information content (AvgIpc) is 2.88. The minimum Gasteiger partial charge on any atom is -0.508 e. The molecule has 4 heteroatoms. The maximum atomic E-state index is 13.2. The van der Waals surface area contributed by atoms with E-state index in [0.29, 0.717) is 17.5 Å². The van der Waals surface area contributed by atoms with Crippen molar-refractivity contribution in [2.75, 3.05) is 19.6 Å². The second-order valence-corrected chi connectivity index (χ2v) is 6.08. The first-order chi connectivity index (χ1) is 9.47. The van der Waals surface area contributed by atoms with E-state index in [1.165, 1.54) is 24.6 Å². The lowest BCUT2D eigenvalue weighted by molar-refractivity contribution is 0.263. The quantitative estimate of drug-likeness (QED) is 0.870. The molecule has 1 saturated heterocycles. The Hall–Kier alpha value is -1.13. The first-order valence-electron chi connectivity index (χ1n) is 7.43. The highest BCUT2D eigenvalue weighted by Crippen LogP contribution is 2.25. The molecule has 2 atom stereocenters. The molecule has 0 aliphatic carbocycles. The molecule has 0 amide bonds. The third kappa shape index (κ3) is 3.70. The van der Waals surface area contributed by atoms with Crippen molar-refractivity contribution in [2.24, 2.45) is 5.92 Å². The summed E-state index contributed by atoms with van der Waals surface area (Å²) in [5.74, 6) is 0.482. The molecule has 1 fully saturated rings. The fraction of sp³-hybridized carbons (Fsp3) is 0.625. The van der Waals surface area contributed by atoms with Gasteiger partial charge in [0.1, 0.15) is 11.6 Å². The van der Waals surface area contributed by atoms with E-state index >= 15 is 0 Å². The van der Waals surface area contributed by atoms with Crippen LogP contribution in [0, 0.1) is 11.7 Å². The molecule has 1 aliphatic heterocycles. The Labute approximate surface area is 120 Å². The van der Waals surface area contributed by atoms with Crippen LogP contribution in [0.3, 0.4) is 0 Å². The van der Waals surface area contributed by atoms with Gasteiger partial charge in [-0.15, -0.1) is 0 Å². The standard InChI is InChI=1S/C16H25FN2O/c1-11(2)19-7-6-13(10-19)9-18-12(3)15-8-14(17)4-5-16(15)20/h4-5,8,11-13,18,20H,6-7,9-10H2,1-3H3. The summed E-state index contributed by atoms with van der Waals surface area (Å²) in [6.45, 7) is 9.59. The van der Waals surface area contributed by atoms with E-state index in [-0.39, 0.29) is 17.6 Å². The van der Waals surface area contributed by atoms with Gasteiger partial charge in [-0.25, -0.2) is 4.39 Å². The average molecular weight is 280 g/mol. The van der Waals surface area contributed by atoms with Crippen LogP contribution in [0.2, 0.25) is 0 Å². The normalized spacial score (nSPS) is 21.6. The van der Waals surface area contributed by atoms with Crippen molar-refractivity contribution < 1.29 is 9.50 Å². The number of nitrogens with zero attached hydrogens (tertiary/aromatic N) is 1. The number of halogens is 1. The van der Waals surface area contributed by atoms with Gasteiger partial charge in [0.15, 0.2) is 0 Å². The highest BCUT2D eigenvalue weighted by Gasteiger charge is 2.24. The minimum atomic E-state index is -0.307. The number of rotatable bonds is 5. The summed E-state index contributed by atoms with van der Waals surface area (Å²) in [7, 11) is 0. The lowest BCUT2D eigenvalue weighted by Crippen LogP contribution is -2.31. The Morgan fingerprint density at radius 3 is 2.80 bits per heavy atom. The predicted octanol–water partition coefficient (Wildman–Crippen LogP) is 2.91. The molecular weight excluding hydrogens is 255 g/mol. The number of benzene rings is 1.